The Morgan fingerprint density at radius 3 is 2.67 bits per heavy atom. The van der Waals surface area contributed by atoms with E-state index in [4.69, 9.17) is 9.63 Å². The van der Waals surface area contributed by atoms with Crippen LogP contribution in [0, 0.1) is 0 Å². The van der Waals surface area contributed by atoms with Crippen molar-refractivity contribution in [1.82, 2.24) is 15.0 Å². The van der Waals surface area contributed by atoms with Crippen LogP contribution in [-0.2, 0) is 6.54 Å². The van der Waals surface area contributed by atoms with Crippen LogP contribution < -0.4 is 0 Å². The quantitative estimate of drug-likeness (QED) is 0.840. The van der Waals surface area contributed by atoms with Crippen LogP contribution in [-0.4, -0.2) is 46.0 Å². The molecule has 0 spiro atoms. The Kier molecular flexibility index (Phi) is 3.86. The van der Waals surface area contributed by atoms with E-state index in [1.54, 1.807) is 0 Å². The number of nitrogens with zero attached hydrogens (tertiary/aromatic N) is 3. The van der Waals surface area contributed by atoms with Crippen LogP contribution in [0.5, 0.6) is 0 Å². The van der Waals surface area contributed by atoms with Crippen molar-refractivity contribution >= 4 is 0 Å². The lowest BCUT2D eigenvalue weighted by atomic mass is 10.4. The van der Waals surface area contributed by atoms with Crippen LogP contribution in [0.25, 0.3) is 0 Å². The number of hydrogen-bond acceptors (Lipinski definition) is 5. The van der Waals surface area contributed by atoms with Gasteiger partial charge in [0.2, 0.25) is 5.89 Å². The third kappa shape index (κ3) is 3.95. The average Bonchev–Trinajstić information content (AvgIpc) is 2.98. The first kappa shape index (κ1) is 13.3. The lowest BCUT2D eigenvalue weighted by Crippen LogP contribution is -2.36. The maximum atomic E-state index is 12.3. The van der Waals surface area contributed by atoms with Crippen molar-refractivity contribution in [2.45, 2.75) is 31.5 Å². The summed E-state index contributed by atoms with van der Waals surface area (Å²) in [5.74, 6) is 1.01. The highest BCUT2D eigenvalue weighted by atomic mass is 19.4. The highest BCUT2D eigenvalue weighted by molar-refractivity contribution is 5.01. The molecule has 1 saturated carbocycles. The van der Waals surface area contributed by atoms with Gasteiger partial charge in [0.05, 0.1) is 19.7 Å². The minimum absolute atomic E-state index is 0.0731. The van der Waals surface area contributed by atoms with Crippen molar-refractivity contribution in [3.05, 3.63) is 11.7 Å². The zero-order valence-corrected chi connectivity index (χ0v) is 9.65. The van der Waals surface area contributed by atoms with Gasteiger partial charge in [0.1, 0.15) is 0 Å². The molecule has 1 aliphatic rings. The molecule has 8 heteroatoms. The fourth-order valence-electron chi connectivity index (χ4n) is 1.64. The fourth-order valence-corrected chi connectivity index (χ4v) is 1.64. The van der Waals surface area contributed by atoms with E-state index in [-0.39, 0.29) is 31.4 Å². The predicted molar refractivity (Wildman–Crippen MR) is 54.7 cm³/mol. The van der Waals surface area contributed by atoms with Gasteiger partial charge in [-0.1, -0.05) is 5.16 Å². The SMILES string of the molecule is OCCN(Cc1noc(C2CC2)n1)CC(F)(F)F. The first-order valence-corrected chi connectivity index (χ1v) is 5.70. The highest BCUT2D eigenvalue weighted by Crippen LogP contribution is 2.38. The van der Waals surface area contributed by atoms with Gasteiger partial charge in [-0.25, -0.2) is 0 Å². The molecule has 0 radical (unpaired) electrons. The second kappa shape index (κ2) is 5.23. The van der Waals surface area contributed by atoms with Gasteiger partial charge >= 0.3 is 6.18 Å². The third-order valence-electron chi connectivity index (χ3n) is 2.59. The summed E-state index contributed by atoms with van der Waals surface area (Å²) >= 11 is 0. The zero-order valence-electron chi connectivity index (χ0n) is 9.65. The summed E-state index contributed by atoms with van der Waals surface area (Å²) in [6.07, 6.45) is -2.33. The largest absolute Gasteiger partial charge is 0.401 e. The van der Waals surface area contributed by atoms with Gasteiger partial charge in [-0.15, -0.1) is 0 Å². The van der Waals surface area contributed by atoms with Gasteiger partial charge in [0.25, 0.3) is 0 Å². The Hall–Kier alpha value is -1.15. The molecular weight excluding hydrogens is 251 g/mol. The van der Waals surface area contributed by atoms with Crippen molar-refractivity contribution in [1.29, 1.82) is 0 Å². The van der Waals surface area contributed by atoms with Crippen LogP contribution in [0.2, 0.25) is 0 Å². The fraction of sp³-hybridized carbons (Fsp3) is 0.800. The topological polar surface area (TPSA) is 62.4 Å². The Morgan fingerprint density at radius 1 is 1.39 bits per heavy atom. The van der Waals surface area contributed by atoms with E-state index in [0.29, 0.717) is 5.89 Å². The Labute approximate surface area is 102 Å². The molecule has 1 N–H and O–H groups in total. The lowest BCUT2D eigenvalue weighted by Gasteiger charge is -2.20. The number of halogens is 3. The molecule has 1 aromatic heterocycles. The molecule has 0 aliphatic heterocycles. The molecule has 0 aromatic carbocycles. The number of aromatic nitrogens is 2. The van der Waals surface area contributed by atoms with Gasteiger partial charge in [-0.05, 0) is 12.8 Å². The summed E-state index contributed by atoms with van der Waals surface area (Å²) in [5.41, 5.74) is 0. The number of hydrogen-bond donors (Lipinski definition) is 1. The molecule has 0 atom stereocenters. The van der Waals surface area contributed by atoms with E-state index in [2.05, 4.69) is 10.1 Å². The minimum Gasteiger partial charge on any atom is -0.395 e. The first-order valence-electron chi connectivity index (χ1n) is 5.70. The average molecular weight is 265 g/mol. The number of aliphatic hydroxyl groups excluding tert-OH is 1. The molecule has 18 heavy (non-hydrogen) atoms. The molecule has 1 fully saturated rings. The van der Waals surface area contributed by atoms with Gasteiger partial charge in [0, 0.05) is 12.5 Å². The van der Waals surface area contributed by atoms with Crippen LogP contribution in [0.15, 0.2) is 4.52 Å². The van der Waals surface area contributed by atoms with Gasteiger partial charge in [0.15, 0.2) is 5.82 Å². The minimum atomic E-state index is -4.31. The summed E-state index contributed by atoms with van der Waals surface area (Å²) in [6.45, 7) is -1.59. The molecule has 0 unspecified atom stereocenters. The Morgan fingerprint density at radius 2 is 2.11 bits per heavy atom. The summed E-state index contributed by atoms with van der Waals surface area (Å²) in [4.78, 5) is 5.10. The van der Waals surface area contributed by atoms with Crippen LogP contribution in [0.1, 0.15) is 30.5 Å². The lowest BCUT2D eigenvalue weighted by molar-refractivity contribution is -0.148. The molecular formula is C10H14F3N3O2. The summed E-state index contributed by atoms with van der Waals surface area (Å²) in [6, 6.07) is 0. The summed E-state index contributed by atoms with van der Waals surface area (Å²) in [5, 5.41) is 12.4. The van der Waals surface area contributed by atoms with E-state index in [1.165, 1.54) is 0 Å². The van der Waals surface area contributed by atoms with E-state index in [9.17, 15) is 13.2 Å². The van der Waals surface area contributed by atoms with Crippen molar-refractivity contribution in [2.24, 2.45) is 0 Å². The van der Waals surface area contributed by atoms with Gasteiger partial charge in [-0.3, -0.25) is 4.90 Å². The standard InChI is InChI=1S/C10H14F3N3O2/c11-10(12,13)6-16(3-4-17)5-8-14-9(18-15-8)7-1-2-7/h7,17H,1-6H2. The maximum Gasteiger partial charge on any atom is 0.401 e. The molecule has 102 valence electrons. The molecule has 1 aromatic rings. The number of alkyl halides is 3. The summed E-state index contributed by atoms with van der Waals surface area (Å²) < 4.78 is 41.8. The van der Waals surface area contributed by atoms with Crippen molar-refractivity contribution < 1.29 is 22.8 Å². The third-order valence-corrected chi connectivity index (χ3v) is 2.59. The Bertz CT molecular complexity index is 390. The molecule has 5 nitrogen and oxygen atoms in total. The van der Waals surface area contributed by atoms with Crippen LogP contribution >= 0.6 is 0 Å². The predicted octanol–water partition coefficient (Wildman–Crippen LogP) is 1.30. The normalized spacial score (nSPS) is 16.5. The van der Waals surface area contributed by atoms with Crippen LogP contribution in [0.4, 0.5) is 13.2 Å². The number of rotatable bonds is 6. The molecule has 2 rings (SSSR count). The Balaban J connectivity index is 1.93. The van der Waals surface area contributed by atoms with E-state index >= 15 is 0 Å². The van der Waals surface area contributed by atoms with Crippen molar-refractivity contribution in [3.63, 3.8) is 0 Å². The molecule has 0 bridgehead atoms. The zero-order chi connectivity index (χ0) is 13.2. The van der Waals surface area contributed by atoms with E-state index in [1.807, 2.05) is 0 Å². The first-order chi connectivity index (χ1) is 8.48. The second-order valence-corrected chi connectivity index (χ2v) is 4.37. The van der Waals surface area contributed by atoms with Crippen molar-refractivity contribution in [3.8, 4) is 0 Å². The maximum absolute atomic E-state index is 12.3. The number of aliphatic hydroxyl groups is 1. The van der Waals surface area contributed by atoms with Gasteiger partial charge in [-0.2, -0.15) is 18.2 Å². The molecule has 0 saturated heterocycles. The van der Waals surface area contributed by atoms with Crippen molar-refractivity contribution in [2.75, 3.05) is 19.7 Å². The molecule has 1 aliphatic carbocycles. The molecule has 0 amide bonds. The molecule has 1 heterocycles. The summed E-state index contributed by atoms with van der Waals surface area (Å²) in [7, 11) is 0. The van der Waals surface area contributed by atoms with Crippen LogP contribution in [0.3, 0.4) is 0 Å². The van der Waals surface area contributed by atoms with Gasteiger partial charge < -0.3 is 9.63 Å². The van der Waals surface area contributed by atoms with E-state index in [0.717, 1.165) is 17.7 Å². The smallest absolute Gasteiger partial charge is 0.395 e. The van der Waals surface area contributed by atoms with E-state index < -0.39 is 12.7 Å². The highest BCUT2D eigenvalue weighted by Gasteiger charge is 2.32. The monoisotopic (exact) mass is 265 g/mol. The second-order valence-electron chi connectivity index (χ2n) is 4.37.